The van der Waals surface area contributed by atoms with Gasteiger partial charge in [0, 0.05) is 12.6 Å². The van der Waals surface area contributed by atoms with Gasteiger partial charge in [-0.2, -0.15) is 13.2 Å². The summed E-state index contributed by atoms with van der Waals surface area (Å²) in [6, 6.07) is 9.37. The molecular weight excluding hydrogens is 362 g/mol. The minimum Gasteiger partial charge on any atom is -0.489 e. The number of hydrogen-bond donors (Lipinski definition) is 0. The van der Waals surface area contributed by atoms with E-state index >= 15 is 0 Å². The maximum atomic E-state index is 14.3. The molecule has 4 nitrogen and oxygen atoms in total. The molecule has 1 saturated carbocycles. The van der Waals surface area contributed by atoms with Crippen molar-refractivity contribution < 1.29 is 22.3 Å². The molecule has 1 aliphatic rings. The van der Waals surface area contributed by atoms with Crippen LogP contribution in [0.4, 0.5) is 17.6 Å². The first-order chi connectivity index (χ1) is 12.9. The third-order valence-corrected chi connectivity index (χ3v) is 4.61. The lowest BCUT2D eigenvalue weighted by atomic mass is 10.1. The number of halogens is 4. The molecule has 27 heavy (non-hydrogen) atoms. The van der Waals surface area contributed by atoms with Crippen molar-refractivity contribution in [3.63, 3.8) is 0 Å². The fourth-order valence-corrected chi connectivity index (χ4v) is 3.01. The summed E-state index contributed by atoms with van der Waals surface area (Å²) in [7, 11) is 0. The Bertz CT molecular complexity index is 935. The molecule has 1 aromatic carbocycles. The van der Waals surface area contributed by atoms with Crippen molar-refractivity contribution in [1.82, 2.24) is 14.6 Å². The van der Waals surface area contributed by atoms with Gasteiger partial charge in [0.25, 0.3) is 0 Å². The van der Waals surface area contributed by atoms with E-state index in [0.29, 0.717) is 23.7 Å². The predicted octanol–water partition coefficient (Wildman–Crippen LogP) is 4.79. The predicted molar refractivity (Wildman–Crippen MR) is 90.2 cm³/mol. The van der Waals surface area contributed by atoms with Crippen molar-refractivity contribution in [2.45, 2.75) is 31.6 Å². The van der Waals surface area contributed by atoms with Crippen LogP contribution in [-0.2, 0) is 12.6 Å². The smallest absolute Gasteiger partial charge is 0.423 e. The van der Waals surface area contributed by atoms with Gasteiger partial charge >= 0.3 is 6.18 Å². The van der Waals surface area contributed by atoms with Gasteiger partial charge in [-0.05, 0) is 30.4 Å². The van der Waals surface area contributed by atoms with E-state index in [1.54, 1.807) is 30.3 Å². The Morgan fingerprint density at radius 2 is 1.85 bits per heavy atom. The average molecular weight is 379 g/mol. The third kappa shape index (κ3) is 3.74. The average Bonchev–Trinajstić information content (AvgIpc) is 3.38. The first kappa shape index (κ1) is 17.8. The van der Waals surface area contributed by atoms with Gasteiger partial charge in [-0.3, -0.25) is 4.40 Å². The van der Waals surface area contributed by atoms with Gasteiger partial charge in [0.1, 0.15) is 23.7 Å². The van der Waals surface area contributed by atoms with Gasteiger partial charge in [-0.1, -0.05) is 30.3 Å². The van der Waals surface area contributed by atoms with Crippen LogP contribution in [-0.4, -0.2) is 21.2 Å². The molecule has 0 saturated heterocycles. The SMILES string of the molecule is FC(COc1ccn2c(CC3CC3)nnc2c1C(F)(F)F)c1ccccc1. The van der Waals surface area contributed by atoms with Gasteiger partial charge in [-0.15, -0.1) is 10.2 Å². The van der Waals surface area contributed by atoms with E-state index in [-0.39, 0.29) is 5.65 Å². The van der Waals surface area contributed by atoms with Crippen LogP contribution in [0, 0.1) is 5.92 Å². The molecule has 4 rings (SSSR count). The lowest BCUT2D eigenvalue weighted by Gasteiger charge is -2.16. The summed E-state index contributed by atoms with van der Waals surface area (Å²) in [4.78, 5) is 0. The number of rotatable bonds is 6. The van der Waals surface area contributed by atoms with Crippen molar-refractivity contribution in [2.75, 3.05) is 6.61 Å². The monoisotopic (exact) mass is 379 g/mol. The van der Waals surface area contributed by atoms with E-state index in [2.05, 4.69) is 10.2 Å². The van der Waals surface area contributed by atoms with E-state index in [4.69, 9.17) is 4.74 Å². The van der Waals surface area contributed by atoms with Gasteiger partial charge in [0.05, 0.1) is 0 Å². The molecule has 1 aliphatic carbocycles. The summed E-state index contributed by atoms with van der Waals surface area (Å²) in [6.07, 6.45) is -2.07. The second-order valence-electron chi connectivity index (χ2n) is 6.70. The van der Waals surface area contributed by atoms with Crippen LogP contribution in [0.5, 0.6) is 5.75 Å². The quantitative estimate of drug-likeness (QED) is 0.578. The van der Waals surface area contributed by atoms with Crippen molar-refractivity contribution in [3.8, 4) is 5.75 Å². The van der Waals surface area contributed by atoms with Gasteiger partial charge in [-0.25, -0.2) is 4.39 Å². The first-order valence-corrected chi connectivity index (χ1v) is 8.69. The molecule has 1 fully saturated rings. The zero-order valence-electron chi connectivity index (χ0n) is 14.3. The highest BCUT2D eigenvalue weighted by atomic mass is 19.4. The maximum Gasteiger partial charge on any atom is 0.423 e. The lowest BCUT2D eigenvalue weighted by Crippen LogP contribution is -2.14. The highest BCUT2D eigenvalue weighted by Crippen LogP contribution is 2.40. The van der Waals surface area contributed by atoms with Crippen LogP contribution in [0.1, 0.15) is 36.0 Å². The standard InChI is InChI=1S/C19H17F4N3O/c20-14(13-4-2-1-3-5-13)11-27-15-8-9-26-16(10-12-6-7-12)24-25-18(26)17(15)19(21,22)23/h1-5,8-9,12,14H,6-7,10-11H2. The zero-order valence-corrected chi connectivity index (χ0v) is 14.3. The number of benzene rings is 1. The zero-order chi connectivity index (χ0) is 19.0. The summed E-state index contributed by atoms with van der Waals surface area (Å²) in [5.41, 5.74) is -0.994. The topological polar surface area (TPSA) is 39.4 Å². The number of alkyl halides is 4. The molecule has 1 atom stereocenters. The molecule has 0 bridgehead atoms. The summed E-state index contributed by atoms with van der Waals surface area (Å²) in [6.45, 7) is -0.521. The minimum atomic E-state index is -4.69. The summed E-state index contributed by atoms with van der Waals surface area (Å²) >= 11 is 0. The summed E-state index contributed by atoms with van der Waals surface area (Å²) in [5.74, 6) is 0.511. The highest BCUT2D eigenvalue weighted by molar-refractivity contribution is 5.56. The first-order valence-electron chi connectivity index (χ1n) is 8.69. The van der Waals surface area contributed by atoms with Gasteiger partial charge in [0.15, 0.2) is 11.8 Å². The number of nitrogens with zero attached hydrogens (tertiary/aromatic N) is 3. The van der Waals surface area contributed by atoms with Crippen LogP contribution in [0.2, 0.25) is 0 Å². The number of aromatic nitrogens is 3. The maximum absolute atomic E-state index is 14.3. The number of hydrogen-bond acceptors (Lipinski definition) is 3. The highest BCUT2D eigenvalue weighted by Gasteiger charge is 2.39. The summed E-state index contributed by atoms with van der Waals surface area (Å²) in [5, 5.41) is 7.65. The van der Waals surface area contributed by atoms with E-state index in [1.165, 1.54) is 16.7 Å². The molecule has 142 valence electrons. The summed E-state index contributed by atoms with van der Waals surface area (Å²) < 4.78 is 61.8. The molecule has 1 unspecified atom stereocenters. The normalized spacial score (nSPS) is 15.9. The van der Waals surface area contributed by atoms with E-state index in [1.807, 2.05) is 0 Å². The van der Waals surface area contributed by atoms with Gasteiger partial charge < -0.3 is 4.74 Å². The third-order valence-electron chi connectivity index (χ3n) is 4.61. The van der Waals surface area contributed by atoms with Crippen molar-refractivity contribution >= 4 is 5.65 Å². The van der Waals surface area contributed by atoms with Crippen LogP contribution in [0.25, 0.3) is 5.65 Å². The van der Waals surface area contributed by atoms with E-state index in [9.17, 15) is 17.6 Å². The Morgan fingerprint density at radius 1 is 1.11 bits per heavy atom. The fraction of sp³-hybridized carbons (Fsp3) is 0.368. The molecule has 0 radical (unpaired) electrons. The molecule has 0 spiro atoms. The van der Waals surface area contributed by atoms with Crippen molar-refractivity contribution in [3.05, 3.63) is 59.5 Å². The van der Waals surface area contributed by atoms with Crippen LogP contribution in [0.15, 0.2) is 42.6 Å². The Kier molecular flexibility index (Phi) is 4.49. The molecule has 8 heteroatoms. The lowest BCUT2D eigenvalue weighted by molar-refractivity contribution is -0.138. The van der Waals surface area contributed by atoms with Crippen LogP contribution in [0.3, 0.4) is 0 Å². The number of ether oxygens (including phenoxy) is 1. The number of fused-ring (bicyclic) bond motifs is 1. The second-order valence-corrected chi connectivity index (χ2v) is 6.70. The van der Waals surface area contributed by atoms with Crippen molar-refractivity contribution in [1.29, 1.82) is 0 Å². The van der Waals surface area contributed by atoms with E-state index < -0.39 is 30.3 Å². The molecule has 2 heterocycles. The largest absolute Gasteiger partial charge is 0.489 e. The molecule has 0 amide bonds. The Labute approximate surface area is 152 Å². The Balaban J connectivity index is 1.63. The van der Waals surface area contributed by atoms with Crippen molar-refractivity contribution in [2.24, 2.45) is 5.92 Å². The Hall–Kier alpha value is -2.64. The Morgan fingerprint density at radius 3 is 2.52 bits per heavy atom. The molecule has 0 aliphatic heterocycles. The van der Waals surface area contributed by atoms with Gasteiger partial charge in [0.2, 0.25) is 0 Å². The van der Waals surface area contributed by atoms with Crippen LogP contribution >= 0.6 is 0 Å². The van der Waals surface area contributed by atoms with Crippen LogP contribution < -0.4 is 4.74 Å². The minimum absolute atomic E-state index is 0.314. The fourth-order valence-electron chi connectivity index (χ4n) is 3.01. The van der Waals surface area contributed by atoms with E-state index in [0.717, 1.165) is 12.8 Å². The molecule has 3 aromatic rings. The molecule has 0 N–H and O–H groups in total. The molecule has 2 aromatic heterocycles. The molecular formula is C19H17F4N3O. The number of pyridine rings is 1. The second kappa shape index (κ2) is 6.83.